The molecule has 0 spiro atoms. The number of nitrogen functional groups attached to an aromatic ring is 1. The highest BCUT2D eigenvalue weighted by Crippen LogP contribution is 2.30. The lowest BCUT2D eigenvalue weighted by Crippen LogP contribution is -2.17. The predicted octanol–water partition coefficient (Wildman–Crippen LogP) is 3.14. The van der Waals surface area contributed by atoms with Crippen molar-refractivity contribution in [3.8, 4) is 5.88 Å². The third-order valence-corrected chi connectivity index (χ3v) is 3.64. The largest absolute Gasteiger partial charge is 0.477 e. The van der Waals surface area contributed by atoms with E-state index < -0.39 is 0 Å². The minimum absolute atomic E-state index is 0.285. The Hall–Kier alpha value is -1.32. The van der Waals surface area contributed by atoms with Crippen molar-refractivity contribution in [2.45, 2.75) is 51.9 Å². The van der Waals surface area contributed by atoms with Crippen molar-refractivity contribution in [2.75, 3.05) is 12.3 Å². The van der Waals surface area contributed by atoms with Gasteiger partial charge in [0.05, 0.1) is 12.2 Å². The highest BCUT2D eigenvalue weighted by Gasteiger charge is 2.18. The molecule has 100 valence electrons. The minimum Gasteiger partial charge on any atom is -0.477 e. The molecule has 0 saturated heterocycles. The molecule has 1 aliphatic carbocycles. The van der Waals surface area contributed by atoms with Gasteiger partial charge in [-0.05, 0) is 24.7 Å². The van der Waals surface area contributed by atoms with Gasteiger partial charge < -0.3 is 10.5 Å². The second kappa shape index (κ2) is 6.03. The highest BCUT2D eigenvalue weighted by atomic mass is 16.5. The molecule has 1 aromatic rings. The van der Waals surface area contributed by atoms with Gasteiger partial charge >= 0.3 is 0 Å². The normalized spacial score (nSPS) is 17.1. The monoisotopic (exact) mass is 249 g/mol. The molecular formula is C14H23N3O. The summed E-state index contributed by atoms with van der Waals surface area (Å²) in [6.07, 6.45) is 8.06. The molecule has 0 bridgehead atoms. The van der Waals surface area contributed by atoms with E-state index in [2.05, 4.69) is 23.8 Å². The summed E-state index contributed by atoms with van der Waals surface area (Å²) in [6, 6.07) is 0. The van der Waals surface area contributed by atoms with Gasteiger partial charge in [-0.1, -0.05) is 33.1 Å². The van der Waals surface area contributed by atoms with Crippen LogP contribution in [0.3, 0.4) is 0 Å². The van der Waals surface area contributed by atoms with Gasteiger partial charge in [0.2, 0.25) is 5.88 Å². The average molecular weight is 249 g/mol. The summed E-state index contributed by atoms with van der Waals surface area (Å²) >= 11 is 0. The van der Waals surface area contributed by atoms with E-state index in [0.717, 1.165) is 12.2 Å². The van der Waals surface area contributed by atoms with Crippen LogP contribution in [0.5, 0.6) is 5.88 Å². The summed E-state index contributed by atoms with van der Waals surface area (Å²) in [5.41, 5.74) is 6.84. The van der Waals surface area contributed by atoms with E-state index in [4.69, 9.17) is 10.5 Å². The Balaban J connectivity index is 2.02. The van der Waals surface area contributed by atoms with E-state index in [-0.39, 0.29) is 5.92 Å². The standard InChI is InChI=1S/C14H23N3O/c1-10(2)12-13(15)16-9-17-14(12)18-8-11-6-4-3-5-7-11/h9-11H,3-8H2,1-2H3,(H2,15,16,17). The molecule has 0 aromatic carbocycles. The maximum atomic E-state index is 5.90. The highest BCUT2D eigenvalue weighted by molar-refractivity contribution is 5.46. The topological polar surface area (TPSA) is 61.0 Å². The van der Waals surface area contributed by atoms with Crippen LogP contribution in [-0.4, -0.2) is 16.6 Å². The maximum Gasteiger partial charge on any atom is 0.222 e. The molecule has 1 fully saturated rings. The molecule has 1 heterocycles. The van der Waals surface area contributed by atoms with E-state index in [0.29, 0.717) is 17.6 Å². The quantitative estimate of drug-likeness (QED) is 0.890. The van der Waals surface area contributed by atoms with Crippen LogP contribution >= 0.6 is 0 Å². The lowest BCUT2D eigenvalue weighted by atomic mass is 9.90. The van der Waals surface area contributed by atoms with Crippen LogP contribution < -0.4 is 10.5 Å². The van der Waals surface area contributed by atoms with Crippen molar-refractivity contribution in [3.63, 3.8) is 0 Å². The molecule has 4 nitrogen and oxygen atoms in total. The molecule has 0 atom stereocenters. The summed E-state index contributed by atoms with van der Waals surface area (Å²) in [5.74, 6) is 2.17. The fourth-order valence-corrected chi connectivity index (χ4v) is 2.60. The summed E-state index contributed by atoms with van der Waals surface area (Å²) in [6.45, 7) is 4.93. The lowest BCUT2D eigenvalue weighted by Gasteiger charge is -2.22. The van der Waals surface area contributed by atoms with E-state index in [1.54, 1.807) is 0 Å². The molecular weight excluding hydrogens is 226 g/mol. The first kappa shape index (κ1) is 13.1. The lowest BCUT2D eigenvalue weighted by molar-refractivity contribution is 0.200. The summed E-state index contributed by atoms with van der Waals surface area (Å²) in [5, 5.41) is 0. The second-order valence-corrected chi connectivity index (χ2v) is 5.45. The molecule has 2 rings (SSSR count). The molecule has 0 amide bonds. The number of nitrogens with two attached hydrogens (primary N) is 1. The summed E-state index contributed by atoms with van der Waals surface area (Å²) in [4.78, 5) is 8.27. The van der Waals surface area contributed by atoms with Crippen molar-refractivity contribution < 1.29 is 4.74 Å². The number of rotatable bonds is 4. The van der Waals surface area contributed by atoms with Gasteiger partial charge in [-0.15, -0.1) is 0 Å². The Bertz CT molecular complexity index is 387. The van der Waals surface area contributed by atoms with Crippen molar-refractivity contribution in [2.24, 2.45) is 5.92 Å². The number of ether oxygens (including phenoxy) is 1. The van der Waals surface area contributed by atoms with Crippen LogP contribution in [0.2, 0.25) is 0 Å². The van der Waals surface area contributed by atoms with Crippen LogP contribution in [0.4, 0.5) is 5.82 Å². The minimum atomic E-state index is 0.285. The van der Waals surface area contributed by atoms with Crippen molar-refractivity contribution in [3.05, 3.63) is 11.9 Å². The smallest absolute Gasteiger partial charge is 0.222 e. The van der Waals surface area contributed by atoms with Crippen molar-refractivity contribution in [1.29, 1.82) is 0 Å². The number of hydrogen-bond acceptors (Lipinski definition) is 4. The summed E-state index contributed by atoms with van der Waals surface area (Å²) < 4.78 is 5.89. The number of anilines is 1. The Labute approximate surface area is 109 Å². The van der Waals surface area contributed by atoms with Gasteiger partial charge in [0.25, 0.3) is 0 Å². The van der Waals surface area contributed by atoms with Gasteiger partial charge in [-0.25, -0.2) is 9.97 Å². The molecule has 4 heteroatoms. The van der Waals surface area contributed by atoms with Crippen molar-refractivity contribution in [1.82, 2.24) is 9.97 Å². The van der Waals surface area contributed by atoms with Gasteiger partial charge in [-0.2, -0.15) is 0 Å². The third kappa shape index (κ3) is 3.12. The number of aromatic nitrogens is 2. The predicted molar refractivity (Wildman–Crippen MR) is 72.6 cm³/mol. The zero-order valence-electron chi connectivity index (χ0n) is 11.4. The first-order valence-corrected chi connectivity index (χ1v) is 6.91. The van der Waals surface area contributed by atoms with Gasteiger partial charge in [0, 0.05) is 0 Å². The third-order valence-electron chi connectivity index (χ3n) is 3.64. The van der Waals surface area contributed by atoms with E-state index in [9.17, 15) is 0 Å². The van der Waals surface area contributed by atoms with E-state index in [1.165, 1.54) is 38.4 Å². The van der Waals surface area contributed by atoms with Crippen LogP contribution in [0.25, 0.3) is 0 Å². The fourth-order valence-electron chi connectivity index (χ4n) is 2.60. The second-order valence-electron chi connectivity index (χ2n) is 5.45. The van der Waals surface area contributed by atoms with E-state index >= 15 is 0 Å². The van der Waals surface area contributed by atoms with Gasteiger partial charge in [0.1, 0.15) is 12.1 Å². The fraction of sp³-hybridized carbons (Fsp3) is 0.714. The molecule has 0 unspecified atom stereocenters. The van der Waals surface area contributed by atoms with Gasteiger partial charge in [-0.3, -0.25) is 0 Å². The molecule has 1 saturated carbocycles. The SMILES string of the molecule is CC(C)c1c(N)ncnc1OCC1CCCCC1. The zero-order chi connectivity index (χ0) is 13.0. The molecule has 0 aliphatic heterocycles. The first-order valence-electron chi connectivity index (χ1n) is 6.91. The van der Waals surface area contributed by atoms with E-state index in [1.807, 2.05) is 0 Å². The van der Waals surface area contributed by atoms with Crippen LogP contribution in [0.15, 0.2) is 6.33 Å². The Morgan fingerprint density at radius 1 is 1.28 bits per heavy atom. The first-order chi connectivity index (χ1) is 8.68. The molecule has 1 aliphatic rings. The Kier molecular flexibility index (Phi) is 4.39. The van der Waals surface area contributed by atoms with Crippen LogP contribution in [0, 0.1) is 5.92 Å². The number of nitrogens with zero attached hydrogens (tertiary/aromatic N) is 2. The molecule has 0 radical (unpaired) electrons. The molecule has 18 heavy (non-hydrogen) atoms. The van der Waals surface area contributed by atoms with Gasteiger partial charge in [0.15, 0.2) is 0 Å². The van der Waals surface area contributed by atoms with Crippen molar-refractivity contribution >= 4 is 5.82 Å². The Morgan fingerprint density at radius 2 is 2.00 bits per heavy atom. The summed E-state index contributed by atoms with van der Waals surface area (Å²) in [7, 11) is 0. The number of hydrogen-bond donors (Lipinski definition) is 1. The maximum absolute atomic E-state index is 5.90. The molecule has 1 aromatic heterocycles. The van der Waals surface area contributed by atoms with Crippen LogP contribution in [-0.2, 0) is 0 Å². The zero-order valence-corrected chi connectivity index (χ0v) is 11.4. The van der Waals surface area contributed by atoms with Crippen LogP contribution in [0.1, 0.15) is 57.4 Å². The Morgan fingerprint density at radius 3 is 2.67 bits per heavy atom. The average Bonchev–Trinajstić information content (AvgIpc) is 2.37. The molecule has 2 N–H and O–H groups in total.